The van der Waals surface area contributed by atoms with Crippen molar-refractivity contribution in [2.45, 2.75) is 38.5 Å². The number of aliphatic hydroxyl groups excluding tert-OH is 1. The van der Waals surface area contributed by atoms with Crippen LogP contribution < -0.4 is 4.74 Å². The predicted molar refractivity (Wildman–Crippen MR) is 129 cm³/mol. The van der Waals surface area contributed by atoms with Gasteiger partial charge in [0.05, 0.1) is 22.9 Å². The highest BCUT2D eigenvalue weighted by Gasteiger charge is 2.46. The number of aromatic nitrogens is 2. The summed E-state index contributed by atoms with van der Waals surface area (Å²) < 4.78 is 7.58. The Hall–Kier alpha value is -4.47. The van der Waals surface area contributed by atoms with Gasteiger partial charge in [-0.15, -0.1) is 0 Å². The lowest BCUT2D eigenvalue weighted by Gasteiger charge is -2.25. The smallest absolute Gasteiger partial charge is 0.295 e. The molecule has 0 bridgehead atoms. The molecule has 184 valence electrons. The summed E-state index contributed by atoms with van der Waals surface area (Å²) in [5.41, 5.74) is 1.41. The number of non-ortho nitro benzene ring substituents is 1. The highest BCUT2D eigenvalue weighted by atomic mass is 16.6. The number of carbonyl (C=O) groups excluding carboxylic acids is 2. The molecule has 10 heteroatoms. The third-order valence-electron chi connectivity index (χ3n) is 6.48. The first-order valence-corrected chi connectivity index (χ1v) is 11.6. The molecule has 2 aromatic carbocycles. The van der Waals surface area contributed by atoms with E-state index in [9.17, 15) is 24.8 Å². The van der Waals surface area contributed by atoms with Crippen molar-refractivity contribution in [3.63, 3.8) is 0 Å². The Bertz CT molecular complexity index is 1380. The summed E-state index contributed by atoms with van der Waals surface area (Å²) in [6.45, 7) is 2.72. The molecule has 1 fully saturated rings. The van der Waals surface area contributed by atoms with E-state index in [1.807, 2.05) is 11.5 Å². The zero-order chi connectivity index (χ0) is 25.4. The van der Waals surface area contributed by atoms with Gasteiger partial charge in [0.1, 0.15) is 17.6 Å². The number of aryl methyl sites for hydroxylation is 1. The molecule has 2 atom stereocenters. The van der Waals surface area contributed by atoms with E-state index < -0.39 is 22.7 Å². The first kappa shape index (κ1) is 23.3. The molecule has 3 aromatic rings. The fraction of sp³-hybridized carbons (Fsp3) is 0.269. The van der Waals surface area contributed by atoms with E-state index >= 15 is 0 Å². The summed E-state index contributed by atoms with van der Waals surface area (Å²) in [6, 6.07) is 9.98. The van der Waals surface area contributed by atoms with Gasteiger partial charge in [0.15, 0.2) is 0 Å². The lowest BCUT2D eigenvalue weighted by Crippen LogP contribution is -2.31. The molecular formula is C26H24N4O6. The maximum Gasteiger partial charge on any atom is 0.295 e. The average molecular weight is 489 g/mol. The van der Waals surface area contributed by atoms with Gasteiger partial charge in [0.25, 0.3) is 17.4 Å². The van der Waals surface area contributed by atoms with Crippen molar-refractivity contribution in [3.8, 4) is 5.75 Å². The molecule has 2 aliphatic heterocycles. The minimum absolute atomic E-state index is 0.00309. The number of hydrogen-bond acceptors (Lipinski definition) is 7. The van der Waals surface area contributed by atoms with Crippen LogP contribution in [0.3, 0.4) is 0 Å². The number of Topliss-reactive ketones (excluding diaryl/α,β-unsaturated/α-hetero) is 1. The van der Waals surface area contributed by atoms with E-state index in [2.05, 4.69) is 4.98 Å². The molecule has 1 aromatic heterocycles. The fourth-order valence-corrected chi connectivity index (χ4v) is 4.83. The second-order valence-electron chi connectivity index (χ2n) is 8.95. The second kappa shape index (κ2) is 9.29. The number of nitro benzene ring substituents is 1. The van der Waals surface area contributed by atoms with E-state index in [0.29, 0.717) is 36.3 Å². The predicted octanol–water partition coefficient (Wildman–Crippen LogP) is 3.63. The Labute approximate surface area is 206 Å². The first-order chi connectivity index (χ1) is 17.3. The number of aliphatic hydroxyl groups is 1. The molecule has 0 aliphatic carbocycles. The number of nitro groups is 1. The summed E-state index contributed by atoms with van der Waals surface area (Å²) in [5, 5.41) is 22.7. The van der Waals surface area contributed by atoms with Gasteiger partial charge in [-0.1, -0.05) is 12.1 Å². The Kier molecular flexibility index (Phi) is 6.01. The molecule has 0 radical (unpaired) electrons. The Morgan fingerprint density at radius 1 is 1.22 bits per heavy atom. The van der Waals surface area contributed by atoms with Crippen molar-refractivity contribution in [1.82, 2.24) is 14.5 Å². The zero-order valence-corrected chi connectivity index (χ0v) is 19.5. The number of hydrogen-bond donors (Lipinski definition) is 1. The van der Waals surface area contributed by atoms with Gasteiger partial charge >= 0.3 is 0 Å². The SMILES string of the molecule is C[C@H]1Cc2cc(/C(O)=C3\C(=O)C(=O)N(CCCn4ccnc4)[C@@H]3c3cccc([N+](=O)[O-])c3)ccc2O1. The minimum atomic E-state index is -0.962. The van der Waals surface area contributed by atoms with Gasteiger partial charge < -0.3 is 19.3 Å². The van der Waals surface area contributed by atoms with E-state index in [1.54, 1.807) is 43.0 Å². The summed E-state index contributed by atoms with van der Waals surface area (Å²) in [6.07, 6.45) is 6.28. The van der Waals surface area contributed by atoms with Crippen LogP contribution in [0.15, 0.2) is 66.8 Å². The summed E-state index contributed by atoms with van der Waals surface area (Å²) in [4.78, 5) is 42.6. The van der Waals surface area contributed by atoms with Crippen LogP contribution in [0.25, 0.3) is 5.76 Å². The summed E-state index contributed by atoms with van der Waals surface area (Å²) >= 11 is 0. The van der Waals surface area contributed by atoms with E-state index in [-0.39, 0.29) is 29.7 Å². The van der Waals surface area contributed by atoms with Crippen molar-refractivity contribution in [1.29, 1.82) is 0 Å². The van der Waals surface area contributed by atoms with Crippen LogP contribution in [0.5, 0.6) is 5.75 Å². The molecule has 2 aliphatic rings. The monoisotopic (exact) mass is 488 g/mol. The van der Waals surface area contributed by atoms with Crippen molar-refractivity contribution in [2.75, 3.05) is 6.54 Å². The van der Waals surface area contributed by atoms with E-state index in [0.717, 1.165) is 5.56 Å². The first-order valence-electron chi connectivity index (χ1n) is 11.6. The number of fused-ring (bicyclic) bond motifs is 1. The van der Waals surface area contributed by atoms with Gasteiger partial charge in [-0.05, 0) is 42.7 Å². The van der Waals surface area contributed by atoms with Crippen LogP contribution in [-0.2, 0) is 22.6 Å². The van der Waals surface area contributed by atoms with Crippen LogP contribution in [0.2, 0.25) is 0 Å². The number of imidazole rings is 1. The standard InChI is InChI=1S/C26H24N4O6/c1-16-12-19-13-18(6-7-21(19)36-16)24(31)22-23(17-4-2-5-20(14-17)30(34)35)29(26(33)25(22)32)10-3-9-28-11-8-27-15-28/h2,4-8,11,13-16,23,31H,3,9-10,12H2,1H3/b24-22+/t16-,23+/m0/s1. The molecule has 3 heterocycles. The van der Waals surface area contributed by atoms with Crippen molar-refractivity contribution < 1.29 is 24.4 Å². The van der Waals surface area contributed by atoms with Gasteiger partial charge in [-0.2, -0.15) is 0 Å². The van der Waals surface area contributed by atoms with Gasteiger partial charge in [-0.3, -0.25) is 19.7 Å². The Morgan fingerprint density at radius 3 is 2.81 bits per heavy atom. The largest absolute Gasteiger partial charge is 0.507 e. The normalized spacial score (nSPS) is 20.4. The molecule has 0 saturated carbocycles. The minimum Gasteiger partial charge on any atom is -0.507 e. The molecule has 0 unspecified atom stereocenters. The maximum atomic E-state index is 13.2. The van der Waals surface area contributed by atoms with E-state index in [1.165, 1.54) is 23.1 Å². The average Bonchev–Trinajstić information content (AvgIpc) is 3.57. The van der Waals surface area contributed by atoms with Gasteiger partial charge in [-0.25, -0.2) is 4.98 Å². The molecule has 1 N–H and O–H groups in total. The third-order valence-corrected chi connectivity index (χ3v) is 6.48. The number of ketones is 1. The van der Waals surface area contributed by atoms with Crippen molar-refractivity contribution in [3.05, 3.63) is 93.6 Å². The molecule has 10 nitrogen and oxygen atoms in total. The zero-order valence-electron chi connectivity index (χ0n) is 19.5. The number of likely N-dealkylation sites (tertiary alicyclic amines) is 1. The van der Waals surface area contributed by atoms with Gasteiger partial charge in [0, 0.05) is 49.6 Å². The lowest BCUT2D eigenvalue weighted by molar-refractivity contribution is -0.384. The van der Waals surface area contributed by atoms with Crippen molar-refractivity contribution in [2.24, 2.45) is 0 Å². The lowest BCUT2D eigenvalue weighted by atomic mass is 9.94. The summed E-state index contributed by atoms with van der Waals surface area (Å²) in [5.74, 6) is -1.17. The highest BCUT2D eigenvalue weighted by molar-refractivity contribution is 6.46. The number of rotatable bonds is 7. The van der Waals surface area contributed by atoms with Crippen LogP contribution in [0, 0.1) is 10.1 Å². The quantitative estimate of drug-likeness (QED) is 0.177. The van der Waals surface area contributed by atoms with Gasteiger partial charge in [0.2, 0.25) is 0 Å². The fourth-order valence-electron chi connectivity index (χ4n) is 4.83. The third kappa shape index (κ3) is 4.21. The van der Waals surface area contributed by atoms with Crippen LogP contribution in [-0.4, -0.2) is 48.8 Å². The number of amides is 1. The topological polar surface area (TPSA) is 128 Å². The van der Waals surface area contributed by atoms with Crippen molar-refractivity contribution >= 4 is 23.1 Å². The Balaban J connectivity index is 1.56. The maximum absolute atomic E-state index is 13.2. The molecule has 1 saturated heterocycles. The van der Waals surface area contributed by atoms with E-state index in [4.69, 9.17) is 4.74 Å². The molecular weight excluding hydrogens is 464 g/mol. The number of benzene rings is 2. The summed E-state index contributed by atoms with van der Waals surface area (Å²) in [7, 11) is 0. The highest BCUT2D eigenvalue weighted by Crippen LogP contribution is 2.41. The molecule has 0 spiro atoms. The number of ether oxygens (including phenoxy) is 1. The molecule has 1 amide bonds. The van der Waals surface area contributed by atoms with Crippen LogP contribution in [0.1, 0.15) is 36.1 Å². The van der Waals surface area contributed by atoms with Crippen LogP contribution in [0.4, 0.5) is 5.69 Å². The number of carbonyl (C=O) groups is 2. The molecule has 36 heavy (non-hydrogen) atoms. The number of nitrogens with zero attached hydrogens (tertiary/aromatic N) is 4. The molecule has 5 rings (SSSR count). The second-order valence-corrected chi connectivity index (χ2v) is 8.95. The van der Waals surface area contributed by atoms with Crippen LogP contribution >= 0.6 is 0 Å². The Morgan fingerprint density at radius 2 is 2.06 bits per heavy atom.